The molecule has 0 aliphatic carbocycles. The molecule has 7 aromatic carbocycles. The molecule has 5 heteroatoms. The Labute approximate surface area is 399 Å². The molecule has 1 aromatic heterocycles. The van der Waals surface area contributed by atoms with Gasteiger partial charge >= 0.3 is 0 Å². The molecule has 0 atom stereocenters. The van der Waals surface area contributed by atoms with E-state index in [9.17, 15) is 0 Å². The summed E-state index contributed by atoms with van der Waals surface area (Å²) >= 11 is 0. The van der Waals surface area contributed by atoms with Gasteiger partial charge in [0.05, 0.1) is 5.69 Å². The average Bonchev–Trinajstić information content (AvgIpc) is 3.30. The van der Waals surface area contributed by atoms with Crippen molar-refractivity contribution < 1.29 is 0 Å². The number of nitrogens with zero attached hydrogens (tertiary/aromatic N) is 4. The molecule has 8 aromatic rings. The molecule has 0 unspecified atom stereocenters. The van der Waals surface area contributed by atoms with E-state index in [-0.39, 0.29) is 28.4 Å². The van der Waals surface area contributed by atoms with Gasteiger partial charge in [0.25, 0.3) is 6.71 Å². The predicted molar refractivity (Wildman–Crippen MR) is 287 cm³/mol. The van der Waals surface area contributed by atoms with Crippen LogP contribution in [0.2, 0.25) is 0 Å². The summed E-state index contributed by atoms with van der Waals surface area (Å²) in [7, 11) is 0. The first kappa shape index (κ1) is 44.1. The molecule has 334 valence electrons. The van der Waals surface area contributed by atoms with Crippen LogP contribution in [0.4, 0.5) is 34.1 Å². The van der Waals surface area contributed by atoms with E-state index in [1.165, 1.54) is 72.3 Å². The lowest BCUT2D eigenvalue weighted by Gasteiger charge is -2.45. The average molecular weight is 875 g/mol. The fourth-order valence-corrected chi connectivity index (χ4v) is 9.99. The second kappa shape index (κ2) is 16.0. The molecule has 0 spiro atoms. The maximum atomic E-state index is 4.94. The van der Waals surface area contributed by atoms with Crippen LogP contribution in [-0.4, -0.2) is 16.7 Å². The fourth-order valence-electron chi connectivity index (χ4n) is 9.99. The van der Waals surface area contributed by atoms with Crippen LogP contribution in [0.3, 0.4) is 0 Å². The molecular formula is C62H63BN4. The lowest BCUT2D eigenvalue weighted by Crippen LogP contribution is -2.61. The number of aromatic nitrogens is 2. The van der Waals surface area contributed by atoms with Crippen LogP contribution in [0, 0.1) is 0 Å². The minimum absolute atomic E-state index is 0.0580. The SMILES string of the molecule is CC(C)(C)c1cc(N2c3cc(-c4ccccc4)ccc3B3c4ccc(-c5ccccc5)cc4N(c4cc(C(C)(C)C)cc(C(C)(C)C)c4)c4cc(-c5ccncn5)cc2c43)cc(C(C)(C)C)c1. The Morgan fingerprint density at radius 1 is 0.373 bits per heavy atom. The molecule has 4 nitrogen and oxygen atoms in total. The zero-order valence-electron chi connectivity index (χ0n) is 41.5. The van der Waals surface area contributed by atoms with Crippen molar-refractivity contribution in [1.29, 1.82) is 0 Å². The minimum atomic E-state index is -0.0830. The monoisotopic (exact) mass is 875 g/mol. The quantitative estimate of drug-likeness (QED) is 0.161. The normalized spacial score (nSPS) is 13.6. The molecule has 0 radical (unpaired) electrons. The van der Waals surface area contributed by atoms with Crippen LogP contribution in [0.15, 0.2) is 164 Å². The fraction of sp³-hybridized carbons (Fsp3) is 0.258. The Kier molecular flexibility index (Phi) is 10.5. The molecule has 3 heterocycles. The van der Waals surface area contributed by atoms with E-state index in [0.717, 1.165) is 34.0 Å². The van der Waals surface area contributed by atoms with E-state index in [4.69, 9.17) is 4.98 Å². The second-order valence-electron chi connectivity index (χ2n) is 22.9. The highest BCUT2D eigenvalue weighted by Gasteiger charge is 2.44. The molecule has 0 saturated carbocycles. The molecular weight excluding hydrogens is 812 g/mol. The van der Waals surface area contributed by atoms with Gasteiger partial charge in [0.1, 0.15) is 6.33 Å². The van der Waals surface area contributed by atoms with Crippen molar-refractivity contribution >= 4 is 57.2 Å². The lowest BCUT2D eigenvalue weighted by atomic mass is 9.33. The number of benzene rings is 7. The first-order chi connectivity index (χ1) is 31.7. The van der Waals surface area contributed by atoms with Crippen molar-refractivity contribution in [3.63, 3.8) is 0 Å². The molecule has 2 aliphatic heterocycles. The van der Waals surface area contributed by atoms with Crippen LogP contribution in [0.1, 0.15) is 105 Å². The van der Waals surface area contributed by atoms with E-state index in [2.05, 4.69) is 243 Å². The van der Waals surface area contributed by atoms with Gasteiger partial charge in [0, 0.05) is 45.9 Å². The summed E-state index contributed by atoms with van der Waals surface area (Å²) in [5.74, 6) is 0. The van der Waals surface area contributed by atoms with Crippen molar-refractivity contribution in [2.24, 2.45) is 0 Å². The molecule has 0 N–H and O–H groups in total. The van der Waals surface area contributed by atoms with Gasteiger partial charge in [-0.25, -0.2) is 9.97 Å². The van der Waals surface area contributed by atoms with Gasteiger partial charge in [0.2, 0.25) is 0 Å². The molecule has 0 fully saturated rings. The van der Waals surface area contributed by atoms with E-state index in [1.54, 1.807) is 6.33 Å². The smallest absolute Gasteiger partial charge is 0.252 e. The Bertz CT molecular complexity index is 2910. The van der Waals surface area contributed by atoms with Gasteiger partial charge in [-0.1, -0.05) is 180 Å². The molecule has 0 amide bonds. The van der Waals surface area contributed by atoms with Crippen molar-refractivity contribution in [1.82, 2.24) is 9.97 Å². The number of hydrogen-bond donors (Lipinski definition) is 0. The highest BCUT2D eigenvalue weighted by atomic mass is 15.2. The third-order valence-electron chi connectivity index (χ3n) is 14.0. The van der Waals surface area contributed by atoms with Crippen LogP contribution in [0.25, 0.3) is 33.5 Å². The van der Waals surface area contributed by atoms with Crippen LogP contribution < -0.4 is 26.2 Å². The van der Waals surface area contributed by atoms with Crippen LogP contribution in [0.5, 0.6) is 0 Å². The number of rotatable bonds is 5. The third-order valence-corrected chi connectivity index (χ3v) is 14.0. The van der Waals surface area contributed by atoms with E-state index < -0.39 is 0 Å². The van der Waals surface area contributed by atoms with Crippen LogP contribution in [-0.2, 0) is 21.7 Å². The molecule has 67 heavy (non-hydrogen) atoms. The van der Waals surface area contributed by atoms with Gasteiger partial charge in [0.15, 0.2) is 0 Å². The summed E-state index contributed by atoms with van der Waals surface area (Å²) < 4.78 is 0. The Hall–Kier alpha value is -6.72. The topological polar surface area (TPSA) is 32.3 Å². The Morgan fingerprint density at radius 2 is 0.761 bits per heavy atom. The maximum absolute atomic E-state index is 4.94. The van der Waals surface area contributed by atoms with Crippen molar-refractivity contribution in [3.05, 3.63) is 186 Å². The van der Waals surface area contributed by atoms with Gasteiger partial charge in [-0.2, -0.15) is 0 Å². The van der Waals surface area contributed by atoms with Gasteiger partial charge in [-0.15, -0.1) is 0 Å². The van der Waals surface area contributed by atoms with Gasteiger partial charge < -0.3 is 9.80 Å². The summed E-state index contributed by atoms with van der Waals surface area (Å²) in [6, 6.07) is 57.6. The summed E-state index contributed by atoms with van der Waals surface area (Å²) in [6.07, 6.45) is 3.53. The van der Waals surface area contributed by atoms with E-state index in [0.29, 0.717) is 0 Å². The first-order valence-corrected chi connectivity index (χ1v) is 24.0. The number of hydrogen-bond acceptors (Lipinski definition) is 4. The largest absolute Gasteiger partial charge is 0.311 e. The number of anilines is 6. The Morgan fingerprint density at radius 3 is 1.12 bits per heavy atom. The zero-order chi connectivity index (χ0) is 47.2. The van der Waals surface area contributed by atoms with Gasteiger partial charge in [-0.3, -0.25) is 0 Å². The Balaban J connectivity index is 1.37. The van der Waals surface area contributed by atoms with Crippen molar-refractivity contribution in [3.8, 4) is 33.5 Å². The molecule has 0 saturated heterocycles. The molecule has 10 rings (SSSR count). The first-order valence-electron chi connectivity index (χ1n) is 24.0. The highest BCUT2D eigenvalue weighted by Crippen LogP contribution is 2.49. The molecule has 0 bridgehead atoms. The maximum Gasteiger partial charge on any atom is 0.252 e. The predicted octanol–water partition coefficient (Wildman–Crippen LogP) is 14.8. The minimum Gasteiger partial charge on any atom is -0.311 e. The highest BCUT2D eigenvalue weighted by molar-refractivity contribution is 7.00. The zero-order valence-corrected chi connectivity index (χ0v) is 41.5. The van der Waals surface area contributed by atoms with Crippen LogP contribution >= 0.6 is 0 Å². The van der Waals surface area contributed by atoms with E-state index >= 15 is 0 Å². The summed E-state index contributed by atoms with van der Waals surface area (Å²) in [5.41, 5.74) is 22.5. The van der Waals surface area contributed by atoms with Gasteiger partial charge in [-0.05, 0) is 137 Å². The van der Waals surface area contributed by atoms with Crippen molar-refractivity contribution in [2.45, 2.75) is 105 Å². The second-order valence-corrected chi connectivity index (χ2v) is 22.9. The third kappa shape index (κ3) is 8.07. The lowest BCUT2D eigenvalue weighted by molar-refractivity contribution is 0.568. The summed E-state index contributed by atoms with van der Waals surface area (Å²) in [6.45, 7) is 27.9. The van der Waals surface area contributed by atoms with E-state index in [1.807, 2.05) is 12.3 Å². The molecule has 2 aliphatic rings. The summed E-state index contributed by atoms with van der Waals surface area (Å²) in [5, 5.41) is 0. The summed E-state index contributed by atoms with van der Waals surface area (Å²) in [4.78, 5) is 14.5. The van der Waals surface area contributed by atoms with Crippen molar-refractivity contribution in [2.75, 3.05) is 9.80 Å². The number of fused-ring (bicyclic) bond motifs is 4. The standard InChI is InChI=1S/C62H63BN4/c1-59(2,3)45-33-46(60(4,5)6)36-49(35-45)66-54-29-42(40-19-15-13-16-20-40)23-25-51(54)63-52-26-24-43(41-21-17-14-18-22-41)30-55(52)67(50-37-47(61(7,8)9)34-48(38-50)62(10,11)12)57-32-44(31-56(66)58(57)63)53-27-28-64-39-65-53/h13-39H,1-12H3.